The van der Waals surface area contributed by atoms with Gasteiger partial charge in [0.25, 0.3) is 5.91 Å². The van der Waals surface area contributed by atoms with Crippen LogP contribution in [0.25, 0.3) is 0 Å². The van der Waals surface area contributed by atoms with Crippen molar-refractivity contribution in [2.75, 3.05) is 25.5 Å². The number of alkyl halides is 2. The molecule has 0 bridgehead atoms. The third-order valence-corrected chi connectivity index (χ3v) is 5.31. The van der Waals surface area contributed by atoms with E-state index in [0.717, 1.165) is 41.3 Å². The van der Waals surface area contributed by atoms with Crippen LogP contribution in [0.15, 0.2) is 53.4 Å². The van der Waals surface area contributed by atoms with E-state index in [0.29, 0.717) is 5.69 Å². The quantitative estimate of drug-likeness (QED) is 0.607. The predicted octanol–water partition coefficient (Wildman–Crippen LogP) is 2.08. The van der Waals surface area contributed by atoms with Crippen LogP contribution in [0.1, 0.15) is 10.4 Å². The number of hydrogen-bond acceptors (Lipinski definition) is 6. The molecule has 0 saturated heterocycles. The fourth-order valence-corrected chi connectivity index (χ4v) is 2.96. The molecule has 0 spiro atoms. The van der Waals surface area contributed by atoms with Crippen molar-refractivity contribution in [3.8, 4) is 0 Å². The molecule has 2 amide bonds. The van der Waals surface area contributed by atoms with Gasteiger partial charge in [-0.2, -0.15) is 8.78 Å². The van der Waals surface area contributed by atoms with Gasteiger partial charge in [-0.05, 0) is 48.5 Å². The number of carbonyl (C=O) groups excluding carboxylic acids is 3. The topological polar surface area (TPSA) is 110 Å². The van der Waals surface area contributed by atoms with Crippen LogP contribution in [-0.2, 0) is 24.2 Å². The number of ether oxygens (including phenoxy) is 1. The average Bonchev–Trinajstić information content (AvgIpc) is 2.73. The second-order valence-electron chi connectivity index (χ2n) is 6.21. The predicted molar refractivity (Wildman–Crippen MR) is 103 cm³/mol. The first-order chi connectivity index (χ1) is 14.5. The van der Waals surface area contributed by atoms with Crippen molar-refractivity contribution in [3.05, 3.63) is 59.9 Å². The Bertz CT molecular complexity index is 1060. The third kappa shape index (κ3) is 6.54. The standard InChI is InChI=1S/C19H17F3N2O6S/c1-24(10-16(25)23-14-6-4-13(20)5-7-14)17(26)11-30-18(27)12-2-8-15(9-3-12)31(28,29)19(21)22/h2-9,19H,10-11H2,1H3,(H,23,25). The molecule has 31 heavy (non-hydrogen) atoms. The second kappa shape index (κ2) is 10.1. The van der Waals surface area contributed by atoms with Crippen molar-refractivity contribution < 1.29 is 40.7 Å². The van der Waals surface area contributed by atoms with Gasteiger partial charge in [0.05, 0.1) is 17.0 Å². The average molecular weight is 458 g/mol. The first-order valence-corrected chi connectivity index (χ1v) is 10.1. The molecule has 2 rings (SSSR count). The smallest absolute Gasteiger partial charge is 0.341 e. The summed E-state index contributed by atoms with van der Waals surface area (Å²) in [5, 5.41) is 2.46. The Morgan fingerprint density at radius 2 is 1.61 bits per heavy atom. The van der Waals surface area contributed by atoms with E-state index in [-0.39, 0.29) is 12.1 Å². The molecule has 0 aliphatic rings. The molecule has 166 valence electrons. The summed E-state index contributed by atoms with van der Waals surface area (Å²) in [6, 6.07) is 8.59. The lowest BCUT2D eigenvalue weighted by molar-refractivity contribution is -0.136. The highest BCUT2D eigenvalue weighted by atomic mass is 32.2. The fraction of sp³-hybridized carbons (Fsp3) is 0.211. The SMILES string of the molecule is CN(CC(=O)Nc1ccc(F)cc1)C(=O)COC(=O)c1ccc(S(=O)(=O)C(F)F)cc1. The maximum atomic E-state index is 12.9. The number of sulfone groups is 1. The Balaban J connectivity index is 1.86. The number of carbonyl (C=O) groups is 3. The van der Waals surface area contributed by atoms with Crippen LogP contribution < -0.4 is 5.32 Å². The number of benzene rings is 2. The van der Waals surface area contributed by atoms with Gasteiger partial charge in [0, 0.05) is 12.7 Å². The molecular weight excluding hydrogens is 441 g/mol. The van der Waals surface area contributed by atoms with E-state index in [1.165, 1.54) is 19.2 Å². The highest BCUT2D eigenvalue weighted by Gasteiger charge is 2.26. The Kier molecular flexibility index (Phi) is 7.75. The number of nitrogens with zero attached hydrogens (tertiary/aromatic N) is 1. The number of hydrogen-bond donors (Lipinski definition) is 1. The molecule has 12 heteroatoms. The molecule has 0 saturated carbocycles. The van der Waals surface area contributed by atoms with Gasteiger partial charge in [0.2, 0.25) is 15.7 Å². The maximum absolute atomic E-state index is 12.9. The summed E-state index contributed by atoms with van der Waals surface area (Å²) >= 11 is 0. The summed E-state index contributed by atoms with van der Waals surface area (Å²) in [7, 11) is -3.50. The van der Waals surface area contributed by atoms with Crippen molar-refractivity contribution in [1.82, 2.24) is 4.90 Å². The van der Waals surface area contributed by atoms with Crippen molar-refractivity contribution in [2.45, 2.75) is 10.7 Å². The van der Waals surface area contributed by atoms with Gasteiger partial charge in [-0.25, -0.2) is 17.6 Å². The molecule has 8 nitrogen and oxygen atoms in total. The van der Waals surface area contributed by atoms with Crippen LogP contribution in [0.3, 0.4) is 0 Å². The van der Waals surface area contributed by atoms with Gasteiger partial charge < -0.3 is 15.0 Å². The van der Waals surface area contributed by atoms with Crippen LogP contribution in [0.4, 0.5) is 18.9 Å². The fourth-order valence-electron chi connectivity index (χ4n) is 2.24. The van der Waals surface area contributed by atoms with E-state index in [9.17, 15) is 36.0 Å². The molecule has 0 atom stereocenters. The minimum absolute atomic E-state index is 0.155. The normalized spacial score (nSPS) is 11.1. The molecule has 0 radical (unpaired) electrons. The zero-order valence-electron chi connectivity index (χ0n) is 16.0. The van der Waals surface area contributed by atoms with Gasteiger partial charge in [-0.3, -0.25) is 9.59 Å². The first-order valence-electron chi connectivity index (χ1n) is 8.59. The van der Waals surface area contributed by atoms with Gasteiger partial charge in [0.15, 0.2) is 6.61 Å². The highest BCUT2D eigenvalue weighted by molar-refractivity contribution is 7.91. The minimum Gasteiger partial charge on any atom is -0.452 e. The monoisotopic (exact) mass is 458 g/mol. The summed E-state index contributed by atoms with van der Waals surface area (Å²) in [6.45, 7) is -1.08. The Morgan fingerprint density at radius 1 is 1.03 bits per heavy atom. The molecule has 0 aliphatic carbocycles. The van der Waals surface area contributed by atoms with Gasteiger partial charge in [0.1, 0.15) is 5.82 Å². The minimum atomic E-state index is -4.80. The third-order valence-electron chi connectivity index (χ3n) is 3.91. The van der Waals surface area contributed by atoms with E-state index in [2.05, 4.69) is 5.32 Å². The molecule has 1 N–H and O–H groups in total. The van der Waals surface area contributed by atoms with Gasteiger partial charge in [-0.1, -0.05) is 0 Å². The molecular formula is C19H17F3N2O6S. The van der Waals surface area contributed by atoms with Crippen molar-refractivity contribution in [1.29, 1.82) is 0 Å². The van der Waals surface area contributed by atoms with Crippen LogP contribution >= 0.6 is 0 Å². The lowest BCUT2D eigenvalue weighted by Crippen LogP contribution is -2.37. The molecule has 0 unspecified atom stereocenters. The Labute approximate surface area is 175 Å². The molecule has 0 aromatic heterocycles. The summed E-state index contributed by atoms with van der Waals surface area (Å²) in [4.78, 5) is 36.2. The van der Waals surface area contributed by atoms with Crippen molar-refractivity contribution >= 4 is 33.3 Å². The summed E-state index contributed by atoms with van der Waals surface area (Å²) < 4.78 is 65.4. The second-order valence-corrected chi connectivity index (χ2v) is 8.13. The summed E-state index contributed by atoms with van der Waals surface area (Å²) in [5.74, 6) is -6.33. The Hall–Kier alpha value is -3.41. The van der Waals surface area contributed by atoms with Crippen LogP contribution in [-0.4, -0.2) is 57.1 Å². The highest BCUT2D eigenvalue weighted by Crippen LogP contribution is 2.19. The van der Waals surface area contributed by atoms with Gasteiger partial charge in [-0.15, -0.1) is 0 Å². The number of anilines is 1. The van der Waals surface area contributed by atoms with Crippen LogP contribution in [0.5, 0.6) is 0 Å². The Morgan fingerprint density at radius 3 is 2.16 bits per heavy atom. The lowest BCUT2D eigenvalue weighted by atomic mass is 10.2. The summed E-state index contributed by atoms with van der Waals surface area (Å²) in [6.07, 6.45) is 0. The first kappa shape index (κ1) is 23.9. The van der Waals surface area contributed by atoms with E-state index >= 15 is 0 Å². The van der Waals surface area contributed by atoms with Crippen LogP contribution in [0.2, 0.25) is 0 Å². The molecule has 2 aromatic rings. The largest absolute Gasteiger partial charge is 0.452 e. The maximum Gasteiger partial charge on any atom is 0.341 e. The van der Waals surface area contributed by atoms with E-state index in [1.807, 2.05) is 0 Å². The van der Waals surface area contributed by atoms with E-state index in [4.69, 9.17) is 4.74 Å². The number of amides is 2. The zero-order chi connectivity index (χ0) is 23.2. The van der Waals surface area contributed by atoms with Gasteiger partial charge >= 0.3 is 11.7 Å². The number of halogens is 3. The van der Waals surface area contributed by atoms with E-state index in [1.54, 1.807) is 0 Å². The lowest BCUT2D eigenvalue weighted by Gasteiger charge is -2.16. The molecule has 0 heterocycles. The number of nitrogens with one attached hydrogen (secondary N) is 1. The number of likely N-dealkylation sites (N-methyl/N-ethyl adjacent to an activating group) is 1. The van der Waals surface area contributed by atoms with Crippen molar-refractivity contribution in [3.63, 3.8) is 0 Å². The molecule has 0 aliphatic heterocycles. The van der Waals surface area contributed by atoms with Crippen LogP contribution in [0, 0.1) is 5.82 Å². The molecule has 2 aromatic carbocycles. The number of esters is 1. The zero-order valence-corrected chi connectivity index (χ0v) is 16.9. The van der Waals surface area contributed by atoms with Crippen molar-refractivity contribution in [2.24, 2.45) is 0 Å². The van der Waals surface area contributed by atoms with E-state index < -0.39 is 50.7 Å². The number of rotatable bonds is 8. The molecule has 0 fully saturated rings. The summed E-state index contributed by atoms with van der Waals surface area (Å²) in [5.41, 5.74) is 0.175.